The first-order chi connectivity index (χ1) is 55.7. The molecule has 0 amide bonds. The monoisotopic (exact) mass is 1680 g/mol. The molecule has 0 saturated heterocycles. The first kappa shape index (κ1) is 81.5. The number of nitrogens with one attached hydrogen (secondary N) is 13. The number of aryl methyl sites for hydroxylation is 1. The van der Waals surface area contributed by atoms with Gasteiger partial charge in [-0.3, -0.25) is 10.2 Å². The molecule has 8 aromatic heterocycles. The topological polar surface area (TPSA) is 366 Å². The molecular formula is C79H77Cl8N27. The number of nitriles is 2. The van der Waals surface area contributed by atoms with E-state index in [9.17, 15) is 0 Å². The van der Waals surface area contributed by atoms with Crippen molar-refractivity contribution in [1.29, 1.82) is 10.5 Å². The van der Waals surface area contributed by atoms with E-state index in [1.807, 2.05) is 42.5 Å². The lowest BCUT2D eigenvalue weighted by Crippen LogP contribution is -2.27. The standard InChI is InChI=1S/2C21H19Cl2N7.C19H20Cl2N6.C18H19Cl2N7/c22-14-2-3-15(17(23)9-14)21-29-18-5-6-25-12-16(18)20(30-21)27-8-7-26-19-4-1-13(10-24)11-28-19;22-14-2-3-15(17(23)9-14)21-29-18-12-25-6-5-16(18)20(30-21)27-8-7-26-19-4-1-13(10-24)11-28-19;20-12-5-6-13(15(21)11-12)19-25-16-4-2-1-3-14(16)18(26-19)23-10-9-22-17-7-8-24-27-17;19-11-1-2-12(14(20)9-11)18-25-15-10-21-5-3-13(15)17(26-18)23-8-7-22-16-4-6-24-27-16/h2*1-4,9,11,25H,5-8,12H2,(H,26,28)(H,27,29,30);5-8,11H,1-4,9-10H2,(H2,22,24,27)(H,23,25,26);1-2,4,6,9,21H,3,5,7-8,10H2,(H2,22,24,27)(H,23,25,26). The fourth-order valence-electron chi connectivity index (χ4n) is 12.7. The van der Waals surface area contributed by atoms with Crippen LogP contribution in [0.15, 0.2) is 134 Å². The van der Waals surface area contributed by atoms with Crippen molar-refractivity contribution >= 4 is 139 Å². The molecule has 114 heavy (non-hydrogen) atoms. The Morgan fingerprint density at radius 2 is 0.675 bits per heavy atom. The average molecular weight is 1690 g/mol. The highest BCUT2D eigenvalue weighted by molar-refractivity contribution is 6.38. The van der Waals surface area contributed by atoms with Gasteiger partial charge in [0, 0.05) is 168 Å². The molecule has 35 heteroatoms. The molecule has 584 valence electrons. The number of aromatic amines is 2. The van der Waals surface area contributed by atoms with E-state index in [0.29, 0.717) is 114 Å². The number of pyridine rings is 2. The number of hydrogen-bond donors (Lipinski definition) is 13. The molecule has 12 aromatic rings. The van der Waals surface area contributed by atoms with Crippen LogP contribution in [-0.4, -0.2) is 142 Å². The third-order valence-corrected chi connectivity index (χ3v) is 20.6. The van der Waals surface area contributed by atoms with Gasteiger partial charge in [0.2, 0.25) is 0 Å². The number of benzene rings is 4. The number of anilines is 8. The summed E-state index contributed by atoms with van der Waals surface area (Å²) in [5.74, 6) is 8.99. The summed E-state index contributed by atoms with van der Waals surface area (Å²) < 4.78 is 0. The lowest BCUT2D eigenvalue weighted by molar-refractivity contribution is 0.625. The fraction of sp³-hybridized carbons (Fsp3) is 0.266. The zero-order valence-electron chi connectivity index (χ0n) is 61.3. The second kappa shape index (κ2) is 40.5. The van der Waals surface area contributed by atoms with E-state index in [4.69, 9.17) is 143 Å². The molecule has 4 aliphatic rings. The number of halogens is 8. The van der Waals surface area contributed by atoms with Gasteiger partial charge in [0.05, 0.1) is 60.7 Å². The van der Waals surface area contributed by atoms with Crippen molar-refractivity contribution in [2.75, 3.05) is 115 Å². The van der Waals surface area contributed by atoms with Crippen molar-refractivity contribution in [2.45, 2.75) is 64.6 Å². The van der Waals surface area contributed by atoms with E-state index >= 15 is 0 Å². The van der Waals surface area contributed by atoms with Crippen molar-refractivity contribution in [2.24, 2.45) is 0 Å². The molecule has 0 fully saturated rings. The minimum absolute atomic E-state index is 0.519. The predicted octanol–water partition coefficient (Wildman–Crippen LogP) is 15.7. The molecule has 0 saturated carbocycles. The second-order valence-electron chi connectivity index (χ2n) is 26.2. The summed E-state index contributed by atoms with van der Waals surface area (Å²) in [6.45, 7) is 10.3. The van der Waals surface area contributed by atoms with Crippen molar-refractivity contribution in [3.63, 3.8) is 0 Å². The van der Waals surface area contributed by atoms with E-state index in [-0.39, 0.29) is 0 Å². The number of H-pyrrole nitrogens is 2. The Hall–Kier alpha value is -10.5. The van der Waals surface area contributed by atoms with E-state index in [1.165, 1.54) is 12.0 Å². The number of fused-ring (bicyclic) bond motifs is 4. The lowest BCUT2D eigenvalue weighted by Gasteiger charge is -2.21. The number of aromatic nitrogens is 14. The maximum atomic E-state index is 8.85. The molecule has 0 bridgehead atoms. The molecule has 11 heterocycles. The normalized spacial score (nSPS) is 13.0. The molecular weight excluding hydrogens is 1610 g/mol. The number of rotatable bonds is 24. The van der Waals surface area contributed by atoms with Gasteiger partial charge in [-0.25, -0.2) is 49.8 Å². The molecule has 0 unspecified atom stereocenters. The first-order valence-corrected chi connectivity index (χ1v) is 39.9. The van der Waals surface area contributed by atoms with Gasteiger partial charge in [-0.2, -0.15) is 20.7 Å². The van der Waals surface area contributed by atoms with Gasteiger partial charge in [0.25, 0.3) is 0 Å². The Kier molecular flexibility index (Phi) is 28.9. The van der Waals surface area contributed by atoms with Crippen LogP contribution in [0.4, 0.5) is 46.5 Å². The van der Waals surface area contributed by atoms with Gasteiger partial charge < -0.3 is 58.5 Å². The highest BCUT2D eigenvalue weighted by Gasteiger charge is 2.25. The summed E-state index contributed by atoms with van der Waals surface area (Å²) in [6, 6.07) is 36.4. The van der Waals surface area contributed by atoms with Gasteiger partial charge in [-0.05, 0) is 161 Å². The van der Waals surface area contributed by atoms with Gasteiger partial charge in [0.15, 0.2) is 23.3 Å². The van der Waals surface area contributed by atoms with Crippen LogP contribution in [0.25, 0.3) is 45.6 Å². The van der Waals surface area contributed by atoms with Crippen LogP contribution in [0.3, 0.4) is 0 Å². The molecule has 1 aliphatic carbocycles. The van der Waals surface area contributed by atoms with Gasteiger partial charge in [-0.15, -0.1) is 0 Å². The smallest absolute Gasteiger partial charge is 0.163 e. The zero-order chi connectivity index (χ0) is 79.1. The largest absolute Gasteiger partial charge is 0.369 e. The SMILES string of the molecule is Clc1ccc(-c2nc3c(c(NCCNc4ccn[nH]4)n2)CCCC3)c(Cl)c1.Clc1ccc(-c2nc3c(c(NCCNc4ccn[nH]4)n2)CCNC3)c(Cl)c1.N#Cc1ccc(NCCNc2nc(-c3ccc(Cl)cc3Cl)nc3c2CCNC3)nc1.N#Cc1ccc(NCCNc2nc(-c3ccc(Cl)cc3Cl)nc3c2CNCC3)nc1. The van der Waals surface area contributed by atoms with E-state index in [2.05, 4.69) is 101 Å². The fourth-order valence-corrected chi connectivity index (χ4v) is 14.7. The summed E-state index contributed by atoms with van der Waals surface area (Å²) in [5, 5.41) is 72.6. The molecule has 0 atom stereocenters. The van der Waals surface area contributed by atoms with Crippen LogP contribution < -0.4 is 58.5 Å². The quantitative estimate of drug-likeness (QED) is 0.0250. The minimum Gasteiger partial charge on any atom is -0.369 e. The number of nitrogens with zero attached hydrogens (tertiary/aromatic N) is 14. The third kappa shape index (κ3) is 22.1. The highest BCUT2D eigenvalue weighted by atomic mass is 35.5. The maximum absolute atomic E-state index is 8.85. The van der Waals surface area contributed by atoms with Crippen LogP contribution >= 0.6 is 92.8 Å². The van der Waals surface area contributed by atoms with Crippen LogP contribution in [0.5, 0.6) is 0 Å². The summed E-state index contributed by atoms with van der Waals surface area (Å²) in [7, 11) is 0. The van der Waals surface area contributed by atoms with Crippen molar-refractivity contribution in [3.05, 3.63) is 230 Å². The molecule has 0 radical (unpaired) electrons. The van der Waals surface area contributed by atoms with Crippen LogP contribution in [0, 0.1) is 22.7 Å². The number of hydrogen-bond acceptors (Lipinski definition) is 25. The van der Waals surface area contributed by atoms with Gasteiger partial charge in [0.1, 0.15) is 58.7 Å². The summed E-state index contributed by atoms with van der Waals surface area (Å²) in [6.07, 6.45) is 13.4. The maximum Gasteiger partial charge on any atom is 0.163 e. The molecule has 0 spiro atoms. The molecule has 13 N–H and O–H groups in total. The Bertz CT molecular complexity index is 5030. The van der Waals surface area contributed by atoms with E-state index < -0.39 is 0 Å². The Balaban J connectivity index is 0.000000133. The summed E-state index contributed by atoms with van der Waals surface area (Å²) in [5.41, 5.74) is 12.8. The van der Waals surface area contributed by atoms with E-state index in [1.54, 1.807) is 91.5 Å². The average Bonchev–Trinajstić information content (AvgIpc) is 0.854. The molecule has 16 rings (SSSR count). The van der Waals surface area contributed by atoms with Gasteiger partial charge in [-0.1, -0.05) is 92.8 Å². The van der Waals surface area contributed by atoms with Crippen molar-refractivity contribution < 1.29 is 0 Å². The molecule has 3 aliphatic heterocycles. The highest BCUT2D eigenvalue weighted by Crippen LogP contribution is 2.37. The second-order valence-corrected chi connectivity index (χ2v) is 29.6. The lowest BCUT2D eigenvalue weighted by atomic mass is 9.96. The zero-order valence-corrected chi connectivity index (χ0v) is 67.4. The minimum atomic E-state index is 0.519. The summed E-state index contributed by atoms with van der Waals surface area (Å²) in [4.78, 5) is 46.5. The first-order valence-electron chi connectivity index (χ1n) is 36.8. The van der Waals surface area contributed by atoms with E-state index in [0.717, 1.165) is 199 Å². The van der Waals surface area contributed by atoms with Crippen LogP contribution in [0.1, 0.15) is 69.0 Å². The Morgan fingerprint density at radius 3 is 1.04 bits per heavy atom. The van der Waals surface area contributed by atoms with Crippen LogP contribution in [0.2, 0.25) is 40.2 Å². The van der Waals surface area contributed by atoms with Crippen LogP contribution in [-0.2, 0) is 51.7 Å². The predicted molar refractivity (Wildman–Crippen MR) is 456 cm³/mol. The van der Waals surface area contributed by atoms with Crippen molar-refractivity contribution in [3.8, 4) is 57.7 Å². The molecule has 27 nitrogen and oxygen atoms in total. The summed E-state index contributed by atoms with van der Waals surface area (Å²) >= 11 is 49.6. The Labute approximate surface area is 698 Å². The third-order valence-electron chi connectivity index (χ3n) is 18.4. The molecule has 4 aromatic carbocycles. The van der Waals surface area contributed by atoms with Crippen molar-refractivity contribution in [1.82, 2.24) is 86.2 Å². The Morgan fingerprint density at radius 1 is 0.333 bits per heavy atom. The van der Waals surface area contributed by atoms with Gasteiger partial charge >= 0.3 is 0 Å².